The van der Waals surface area contributed by atoms with Crippen LogP contribution in [0.5, 0.6) is 0 Å². The average molecular weight is 667 g/mol. The SMILES string of the molecule is CCNc1cc(C(=O)NC(Cc2ccccc2)C(O)CNC(C)(C)c2cccc(C(F)(F)F)c2)c(F)c(N2CCCCS2(O)O)c1. The zero-order valence-corrected chi connectivity index (χ0v) is 26.9. The molecule has 252 valence electrons. The number of hydrogen-bond donors (Lipinski definition) is 6. The van der Waals surface area contributed by atoms with Gasteiger partial charge in [-0.05, 0) is 75.4 Å². The van der Waals surface area contributed by atoms with Gasteiger partial charge < -0.3 is 21.1 Å². The fraction of sp³-hybridized carbons (Fsp3) is 0.424. The molecule has 1 aliphatic heterocycles. The van der Waals surface area contributed by atoms with Crippen molar-refractivity contribution in [1.29, 1.82) is 0 Å². The standard InChI is InChI=1S/C33H42F4N4O4S/c1-4-38-25-19-26(30(34)28(20-25)41-15-8-9-16-46(41,44)45)31(43)40-27(17-22-11-6-5-7-12-22)29(42)21-39-32(2,3)23-13-10-14-24(18-23)33(35,36)37/h5-7,10-14,18-20,27,29,38-39,42,44-45H,4,8-9,15-17,21H2,1-3H3,(H,40,43). The maximum absolute atomic E-state index is 16.1. The van der Waals surface area contributed by atoms with Gasteiger partial charge in [0.1, 0.15) is 0 Å². The first-order chi connectivity index (χ1) is 21.6. The van der Waals surface area contributed by atoms with Gasteiger partial charge in [-0.1, -0.05) is 42.5 Å². The van der Waals surface area contributed by atoms with Gasteiger partial charge in [-0.2, -0.15) is 13.2 Å². The highest BCUT2D eigenvalue weighted by atomic mass is 32.3. The molecule has 6 N–H and O–H groups in total. The van der Waals surface area contributed by atoms with Crippen LogP contribution in [0.3, 0.4) is 0 Å². The maximum atomic E-state index is 16.1. The maximum Gasteiger partial charge on any atom is 0.416 e. The highest BCUT2D eigenvalue weighted by Crippen LogP contribution is 2.51. The van der Waals surface area contributed by atoms with E-state index in [9.17, 15) is 32.2 Å². The Hall–Kier alpha value is -3.36. The van der Waals surface area contributed by atoms with Gasteiger partial charge in [0.05, 0.1) is 34.7 Å². The number of benzene rings is 3. The van der Waals surface area contributed by atoms with E-state index < -0.39 is 51.9 Å². The average Bonchev–Trinajstić information content (AvgIpc) is 3.00. The van der Waals surface area contributed by atoms with E-state index in [0.29, 0.717) is 30.6 Å². The molecule has 0 bridgehead atoms. The number of nitrogens with one attached hydrogen (secondary N) is 3. The molecule has 8 nitrogen and oxygen atoms in total. The van der Waals surface area contributed by atoms with Crippen LogP contribution in [-0.2, 0) is 18.1 Å². The molecule has 13 heteroatoms. The normalized spacial score (nSPS) is 17.2. The van der Waals surface area contributed by atoms with Gasteiger partial charge in [0.15, 0.2) is 5.82 Å². The van der Waals surface area contributed by atoms with Crippen molar-refractivity contribution in [1.82, 2.24) is 10.6 Å². The van der Waals surface area contributed by atoms with Crippen LogP contribution in [-0.4, -0.2) is 57.7 Å². The van der Waals surface area contributed by atoms with Crippen LogP contribution < -0.4 is 20.3 Å². The van der Waals surface area contributed by atoms with Gasteiger partial charge in [0, 0.05) is 30.9 Å². The molecule has 1 amide bonds. The van der Waals surface area contributed by atoms with E-state index in [1.54, 1.807) is 32.0 Å². The fourth-order valence-corrected chi connectivity index (χ4v) is 7.11. The zero-order chi connectivity index (χ0) is 33.7. The molecule has 1 aliphatic rings. The number of anilines is 2. The minimum absolute atomic E-state index is 0.0919. The van der Waals surface area contributed by atoms with E-state index in [1.165, 1.54) is 22.5 Å². The van der Waals surface area contributed by atoms with Crippen molar-refractivity contribution in [3.8, 4) is 0 Å². The Kier molecular flexibility index (Phi) is 11.3. The summed E-state index contributed by atoms with van der Waals surface area (Å²) < 4.78 is 78.7. The second kappa shape index (κ2) is 14.6. The topological polar surface area (TPSA) is 117 Å². The van der Waals surface area contributed by atoms with E-state index in [2.05, 4.69) is 16.0 Å². The van der Waals surface area contributed by atoms with Crippen molar-refractivity contribution >= 4 is 28.1 Å². The molecule has 1 fully saturated rings. The van der Waals surface area contributed by atoms with E-state index >= 15 is 4.39 Å². The molecule has 1 saturated heterocycles. The number of hydrogen-bond acceptors (Lipinski definition) is 7. The van der Waals surface area contributed by atoms with Gasteiger partial charge in [-0.3, -0.25) is 18.2 Å². The Labute approximate surface area is 268 Å². The number of aliphatic hydroxyl groups is 1. The van der Waals surface area contributed by atoms with Gasteiger partial charge in [-0.15, -0.1) is 10.8 Å². The Balaban J connectivity index is 1.60. The van der Waals surface area contributed by atoms with Crippen LogP contribution in [0.2, 0.25) is 0 Å². The largest absolute Gasteiger partial charge is 0.416 e. The van der Waals surface area contributed by atoms with Crippen LogP contribution in [0.15, 0.2) is 66.7 Å². The fourth-order valence-electron chi connectivity index (χ4n) is 5.43. The van der Waals surface area contributed by atoms with Crippen molar-refractivity contribution in [2.45, 2.75) is 63.9 Å². The Bertz CT molecular complexity index is 1490. The number of rotatable bonds is 12. The minimum atomic E-state index is -4.51. The summed E-state index contributed by atoms with van der Waals surface area (Å²) in [6.45, 7) is 5.77. The number of alkyl halides is 3. The minimum Gasteiger partial charge on any atom is -0.390 e. The van der Waals surface area contributed by atoms with Gasteiger partial charge in [-0.25, -0.2) is 4.39 Å². The lowest BCUT2D eigenvalue weighted by Crippen LogP contribution is -2.51. The highest BCUT2D eigenvalue weighted by Gasteiger charge is 2.34. The second-order valence-corrected chi connectivity index (χ2v) is 14.1. The Morgan fingerprint density at radius 2 is 1.70 bits per heavy atom. The molecule has 2 atom stereocenters. The summed E-state index contributed by atoms with van der Waals surface area (Å²) in [6, 6.07) is 15.9. The van der Waals surface area contributed by atoms with E-state index in [1.807, 2.05) is 25.1 Å². The van der Waals surface area contributed by atoms with E-state index in [4.69, 9.17) is 0 Å². The third-order valence-electron chi connectivity index (χ3n) is 8.07. The monoisotopic (exact) mass is 666 g/mol. The van der Waals surface area contributed by atoms with Crippen LogP contribution in [0.25, 0.3) is 0 Å². The molecule has 4 rings (SSSR count). The lowest BCUT2D eigenvalue weighted by atomic mass is 9.92. The first-order valence-corrected chi connectivity index (χ1v) is 16.9. The number of aliphatic hydroxyl groups excluding tert-OH is 1. The van der Waals surface area contributed by atoms with Crippen LogP contribution in [0, 0.1) is 5.82 Å². The Morgan fingerprint density at radius 1 is 1.00 bits per heavy atom. The lowest BCUT2D eigenvalue weighted by Gasteiger charge is -2.47. The molecule has 1 heterocycles. The third kappa shape index (κ3) is 8.71. The van der Waals surface area contributed by atoms with Crippen molar-refractivity contribution in [3.05, 3.63) is 94.8 Å². The number of carbonyl (C=O) groups is 1. The number of carbonyl (C=O) groups excluding carboxylic acids is 1. The molecule has 0 spiro atoms. The molecule has 2 unspecified atom stereocenters. The van der Waals surface area contributed by atoms with Crippen molar-refractivity contribution < 1.29 is 36.6 Å². The first-order valence-electron chi connectivity index (χ1n) is 15.2. The molecule has 0 saturated carbocycles. The number of amides is 1. The molecular weight excluding hydrogens is 624 g/mol. The Morgan fingerprint density at radius 3 is 2.35 bits per heavy atom. The summed E-state index contributed by atoms with van der Waals surface area (Å²) in [5, 5.41) is 20.3. The third-order valence-corrected chi connectivity index (χ3v) is 10.00. The van der Waals surface area contributed by atoms with E-state index in [-0.39, 0.29) is 36.5 Å². The lowest BCUT2D eigenvalue weighted by molar-refractivity contribution is -0.137. The summed E-state index contributed by atoms with van der Waals surface area (Å²) in [5.74, 6) is -1.64. The van der Waals surface area contributed by atoms with Crippen LogP contribution >= 0.6 is 10.8 Å². The molecule has 46 heavy (non-hydrogen) atoms. The number of halogens is 4. The molecule has 0 radical (unpaired) electrons. The summed E-state index contributed by atoms with van der Waals surface area (Å²) in [4.78, 5) is 13.7. The molecule has 0 aliphatic carbocycles. The molecule has 0 aromatic heterocycles. The van der Waals surface area contributed by atoms with Gasteiger partial charge in [0.25, 0.3) is 5.91 Å². The zero-order valence-electron chi connectivity index (χ0n) is 26.1. The van der Waals surface area contributed by atoms with Crippen LogP contribution in [0.4, 0.5) is 28.9 Å². The van der Waals surface area contributed by atoms with Crippen LogP contribution in [0.1, 0.15) is 60.7 Å². The van der Waals surface area contributed by atoms with Gasteiger partial charge in [0.2, 0.25) is 0 Å². The second-order valence-electron chi connectivity index (χ2n) is 12.0. The predicted octanol–water partition coefficient (Wildman–Crippen LogP) is 6.77. The molecule has 3 aromatic rings. The van der Waals surface area contributed by atoms with Crippen molar-refractivity contribution in [3.63, 3.8) is 0 Å². The molecular formula is C33H42F4N4O4S. The summed E-state index contributed by atoms with van der Waals surface area (Å²) in [6.07, 6.45) is -4.37. The van der Waals surface area contributed by atoms with Gasteiger partial charge >= 0.3 is 6.18 Å². The quantitative estimate of drug-likeness (QED) is 0.118. The first kappa shape index (κ1) is 35.5. The number of nitrogens with zero attached hydrogens (tertiary/aromatic N) is 1. The molecule has 3 aromatic carbocycles. The predicted molar refractivity (Wildman–Crippen MR) is 175 cm³/mol. The summed E-state index contributed by atoms with van der Waals surface area (Å²) in [5.41, 5.74) is -0.658. The van der Waals surface area contributed by atoms with E-state index in [0.717, 1.165) is 17.7 Å². The van der Waals surface area contributed by atoms with Crippen molar-refractivity contribution in [2.75, 3.05) is 35.0 Å². The smallest absolute Gasteiger partial charge is 0.390 e. The highest BCUT2D eigenvalue weighted by molar-refractivity contribution is 8.25. The summed E-state index contributed by atoms with van der Waals surface area (Å²) in [7, 11) is -3.28. The summed E-state index contributed by atoms with van der Waals surface area (Å²) >= 11 is 0. The van der Waals surface area contributed by atoms with Crippen molar-refractivity contribution in [2.24, 2.45) is 0 Å².